The van der Waals surface area contributed by atoms with Crippen molar-refractivity contribution in [1.82, 2.24) is 4.90 Å². The average molecular weight is 557 g/mol. The van der Waals surface area contributed by atoms with E-state index in [-0.39, 0.29) is 0 Å². The van der Waals surface area contributed by atoms with Crippen LogP contribution in [0.2, 0.25) is 0 Å². The Hall–Kier alpha value is -0.400. The van der Waals surface area contributed by atoms with Crippen molar-refractivity contribution in [3.05, 3.63) is 77.4 Å². The molecule has 2 aromatic rings. The second kappa shape index (κ2) is 9.00. The molecule has 1 nitrogen and oxygen atoms in total. The molecule has 3 rings (SSSR count). The van der Waals surface area contributed by atoms with E-state index in [0.717, 1.165) is 0 Å². The molecule has 1 saturated heterocycles. The Labute approximate surface area is 179 Å². The Bertz CT molecular complexity index is 656. The Morgan fingerprint density at radius 1 is 0.880 bits per heavy atom. The number of halogens is 2. The Balaban J connectivity index is 1.85. The average Bonchev–Trinajstić information content (AvgIpc) is 2.65. The fourth-order valence-electron chi connectivity index (χ4n) is 3.45. The monoisotopic (exact) mass is 557 g/mol. The summed E-state index contributed by atoms with van der Waals surface area (Å²) >= 11 is 5.22. The predicted molar refractivity (Wildman–Crippen MR) is 126 cm³/mol. The van der Waals surface area contributed by atoms with Crippen LogP contribution in [0.25, 0.3) is 5.57 Å². The molecule has 3 heteroatoms. The molecule has 0 amide bonds. The van der Waals surface area contributed by atoms with Crippen molar-refractivity contribution in [2.24, 2.45) is 0 Å². The van der Waals surface area contributed by atoms with Crippen molar-refractivity contribution < 1.29 is 0 Å². The molecule has 0 spiro atoms. The lowest BCUT2D eigenvalue weighted by molar-refractivity contribution is 0.256. The van der Waals surface area contributed by atoms with Gasteiger partial charge in [0.05, 0.1) is 1.43 Å². The largest absolute Gasteiger partial charge is 0.301 e. The van der Waals surface area contributed by atoms with E-state index in [4.69, 9.17) is 0 Å². The molecule has 0 bridgehead atoms. The summed E-state index contributed by atoms with van der Waals surface area (Å²) in [5.74, 6) is 0. The summed E-state index contributed by atoms with van der Waals surface area (Å²) in [6, 6.07) is 21.8. The maximum atomic E-state index is 2.64. The van der Waals surface area contributed by atoms with Crippen molar-refractivity contribution in [2.45, 2.75) is 27.6 Å². The van der Waals surface area contributed by atoms with Crippen molar-refractivity contribution in [3.8, 4) is 0 Å². The Kier molecular flexibility index (Phi) is 6.97. The highest BCUT2D eigenvalue weighted by Gasteiger charge is 2.26. The molecule has 0 saturated carbocycles. The lowest BCUT2D eigenvalue weighted by Crippen LogP contribution is -2.38. The first-order valence-electron chi connectivity index (χ1n) is 9.02. The van der Waals surface area contributed by atoms with Crippen LogP contribution in [-0.2, 0) is 0 Å². The molecule has 0 N–H and O–H groups in total. The number of hydrogen-bond acceptors (Lipinski definition) is 1. The minimum atomic E-state index is 0.360. The molecule has 1 aliphatic heterocycles. The summed E-state index contributed by atoms with van der Waals surface area (Å²) in [7, 11) is 0. The van der Waals surface area contributed by atoms with E-state index in [1.54, 1.807) is 5.57 Å². The molecule has 2 aromatic carbocycles. The van der Waals surface area contributed by atoms with Gasteiger partial charge in [0.2, 0.25) is 0 Å². The van der Waals surface area contributed by atoms with Gasteiger partial charge in [0, 0.05) is 19.6 Å². The topological polar surface area (TPSA) is 3.24 Å². The predicted octanol–water partition coefficient (Wildman–Crippen LogP) is 6.56. The highest BCUT2D eigenvalue weighted by Crippen LogP contribution is 2.35. The second-order valence-corrected chi connectivity index (χ2v) is 12.9. The highest BCUT2D eigenvalue weighted by atomic mass is 127. The summed E-state index contributed by atoms with van der Waals surface area (Å²) < 4.78 is 0.360. The second-order valence-electron chi connectivity index (χ2n) is 6.70. The lowest BCUT2D eigenvalue weighted by atomic mass is 9.88. The maximum Gasteiger partial charge on any atom is 0.0858 e. The first-order valence-corrected chi connectivity index (χ1v) is 11.2. The van der Waals surface area contributed by atoms with Crippen molar-refractivity contribution in [3.63, 3.8) is 0 Å². The molecule has 0 radical (unpaired) electrons. The van der Waals surface area contributed by atoms with Crippen LogP contribution >= 0.6 is 45.2 Å². The minimum absolute atomic E-state index is 0.360. The van der Waals surface area contributed by atoms with Gasteiger partial charge in [-0.3, -0.25) is 0 Å². The third-order valence-electron chi connectivity index (χ3n) is 4.91. The van der Waals surface area contributed by atoms with Crippen LogP contribution in [-0.4, -0.2) is 26.0 Å². The first kappa shape index (κ1) is 19.4. The number of likely N-dealkylation sites (tertiary alicyclic amines) is 1. The summed E-state index contributed by atoms with van der Waals surface area (Å²) in [6.07, 6.45) is 3.56. The normalized spacial score (nSPS) is 16.0. The molecule has 132 valence electrons. The molecule has 1 fully saturated rings. The summed E-state index contributed by atoms with van der Waals surface area (Å²) in [4.78, 5) is 2.64. The molecule has 0 unspecified atom stereocenters. The fraction of sp³-hybridized carbons (Fsp3) is 0.364. The zero-order valence-corrected chi connectivity index (χ0v) is 19.0. The van der Waals surface area contributed by atoms with E-state index in [9.17, 15) is 0 Å². The Morgan fingerprint density at radius 2 is 1.36 bits per heavy atom. The fourth-order valence-corrected chi connectivity index (χ4v) is 4.42. The van der Waals surface area contributed by atoms with E-state index >= 15 is 0 Å². The van der Waals surface area contributed by atoms with Crippen LogP contribution in [0, 0.1) is 0 Å². The number of hydrogen-bond donors (Lipinski definition) is 0. The van der Waals surface area contributed by atoms with E-state index in [1.807, 2.05) is 0 Å². The molecule has 0 aliphatic carbocycles. The van der Waals surface area contributed by atoms with Gasteiger partial charge in [-0.1, -0.05) is 118 Å². The van der Waals surface area contributed by atoms with Gasteiger partial charge in [0.1, 0.15) is 0 Å². The van der Waals surface area contributed by atoms with Crippen molar-refractivity contribution in [1.29, 1.82) is 0 Å². The summed E-state index contributed by atoms with van der Waals surface area (Å²) in [5, 5.41) is 0. The van der Waals surface area contributed by atoms with E-state index in [0.29, 0.717) is 1.43 Å². The van der Waals surface area contributed by atoms with Crippen LogP contribution in [0.15, 0.2) is 66.2 Å². The van der Waals surface area contributed by atoms with Gasteiger partial charge in [-0.15, -0.1) is 0 Å². The van der Waals surface area contributed by atoms with Gasteiger partial charge < -0.3 is 4.90 Å². The molecule has 1 heterocycles. The van der Waals surface area contributed by atoms with E-state index in [1.165, 1.54) is 55.6 Å². The smallest absolute Gasteiger partial charge is 0.0858 e. The SMILES string of the molecule is CCC(I)(I)CN1CCC(=C(c2ccccc2)c2ccccc2)CC1. The molecular weight excluding hydrogens is 532 g/mol. The highest BCUT2D eigenvalue weighted by molar-refractivity contribution is 14.2. The molecule has 0 aromatic heterocycles. The van der Waals surface area contributed by atoms with Crippen molar-refractivity contribution >= 4 is 50.8 Å². The van der Waals surface area contributed by atoms with Crippen molar-refractivity contribution in [2.75, 3.05) is 19.6 Å². The number of nitrogens with zero attached hydrogens (tertiary/aromatic N) is 1. The van der Waals surface area contributed by atoms with Gasteiger partial charge in [0.15, 0.2) is 0 Å². The van der Waals surface area contributed by atoms with Gasteiger partial charge in [-0.2, -0.15) is 0 Å². The number of alkyl halides is 2. The molecule has 0 atom stereocenters. The molecular formula is C22H25I2N. The Morgan fingerprint density at radius 3 is 1.80 bits per heavy atom. The third-order valence-corrected chi connectivity index (χ3v) is 7.12. The summed E-state index contributed by atoms with van der Waals surface area (Å²) in [5.41, 5.74) is 5.76. The standard InChI is InChI=1S/C22H25I2N/c1-2-22(23,24)17-25-15-13-20(14-16-25)21(18-9-5-3-6-10-18)19-11-7-4-8-12-19/h3-12H,2,13-17H2,1H3. The van der Waals surface area contributed by atoms with Crippen LogP contribution < -0.4 is 0 Å². The van der Waals surface area contributed by atoms with Gasteiger partial charge in [-0.25, -0.2) is 0 Å². The summed E-state index contributed by atoms with van der Waals surface area (Å²) in [6.45, 7) is 5.82. The molecule has 1 aliphatic rings. The van der Waals surface area contributed by atoms with Gasteiger partial charge >= 0.3 is 0 Å². The quantitative estimate of drug-likeness (QED) is 0.298. The zero-order chi connectivity index (χ0) is 17.7. The molecule has 25 heavy (non-hydrogen) atoms. The van der Waals surface area contributed by atoms with Crippen LogP contribution in [0.1, 0.15) is 37.3 Å². The van der Waals surface area contributed by atoms with Crippen LogP contribution in [0.5, 0.6) is 0 Å². The van der Waals surface area contributed by atoms with Crippen LogP contribution in [0.4, 0.5) is 0 Å². The van der Waals surface area contributed by atoms with Crippen LogP contribution in [0.3, 0.4) is 0 Å². The van der Waals surface area contributed by atoms with Gasteiger partial charge in [-0.05, 0) is 36.0 Å². The van der Waals surface area contributed by atoms with Gasteiger partial charge in [0.25, 0.3) is 0 Å². The number of piperidine rings is 1. The zero-order valence-electron chi connectivity index (χ0n) is 14.7. The number of benzene rings is 2. The minimum Gasteiger partial charge on any atom is -0.301 e. The van der Waals surface area contributed by atoms with E-state index < -0.39 is 0 Å². The maximum absolute atomic E-state index is 2.64. The van der Waals surface area contributed by atoms with E-state index in [2.05, 4.69) is 118 Å². The first-order chi connectivity index (χ1) is 12.1. The lowest BCUT2D eigenvalue weighted by Gasteiger charge is -2.34. The third kappa shape index (κ3) is 5.30. The number of rotatable bonds is 5.